The van der Waals surface area contributed by atoms with Crippen LogP contribution in [0.3, 0.4) is 0 Å². The summed E-state index contributed by atoms with van der Waals surface area (Å²) in [4.78, 5) is 26.0. The first-order chi connectivity index (χ1) is 15.0. The lowest BCUT2D eigenvalue weighted by Gasteiger charge is -2.43. The number of aromatic nitrogens is 4. The van der Waals surface area contributed by atoms with Crippen molar-refractivity contribution in [1.29, 1.82) is 0 Å². The van der Waals surface area contributed by atoms with Crippen LogP contribution in [0.2, 0.25) is 0 Å². The molecule has 3 saturated heterocycles. The number of nitrogens with zero attached hydrogens (tertiary/aromatic N) is 6. The van der Waals surface area contributed by atoms with Gasteiger partial charge in [-0.05, 0) is 38.7 Å². The van der Waals surface area contributed by atoms with Crippen molar-refractivity contribution in [1.82, 2.24) is 24.6 Å². The van der Waals surface area contributed by atoms with Gasteiger partial charge in [-0.2, -0.15) is 5.10 Å². The molecule has 2 aromatic rings. The predicted molar refractivity (Wildman–Crippen MR) is 115 cm³/mol. The molecule has 5 heterocycles. The van der Waals surface area contributed by atoms with E-state index in [4.69, 9.17) is 4.74 Å². The van der Waals surface area contributed by atoms with Crippen molar-refractivity contribution >= 4 is 5.95 Å². The second-order valence-electron chi connectivity index (χ2n) is 9.15. The Kier molecular flexibility index (Phi) is 5.49. The van der Waals surface area contributed by atoms with E-state index in [0.717, 1.165) is 62.9 Å². The molecule has 2 bridgehead atoms. The molecular weight excluding hydrogens is 396 g/mol. The first-order valence-corrected chi connectivity index (χ1v) is 11.2. The van der Waals surface area contributed by atoms with E-state index in [1.807, 2.05) is 19.3 Å². The standard InChI is InChI=1S/C22H30N6O3/c1-16-2-5-20(29)28(25-16)15-22(30)10-18-3-4-19(11-22)27(18)14-17-12-23-21(24-13-17)26-6-8-31-9-7-26/h2,5,12-13,18-19,30H,3-4,6-11,14-15H2,1H3/t18-,19-/m1/s1. The summed E-state index contributed by atoms with van der Waals surface area (Å²) in [5.74, 6) is 0.763. The Labute approximate surface area is 181 Å². The van der Waals surface area contributed by atoms with Crippen molar-refractivity contribution in [2.45, 2.75) is 63.4 Å². The third kappa shape index (κ3) is 4.35. The Bertz CT molecular complexity index is 958. The van der Waals surface area contributed by atoms with Crippen LogP contribution in [0.5, 0.6) is 0 Å². The highest BCUT2D eigenvalue weighted by Crippen LogP contribution is 2.42. The maximum Gasteiger partial charge on any atom is 0.266 e. The first kappa shape index (κ1) is 20.5. The molecule has 1 N–H and O–H groups in total. The molecule has 2 atom stereocenters. The number of hydrogen-bond donors (Lipinski definition) is 1. The van der Waals surface area contributed by atoms with E-state index < -0.39 is 5.60 Å². The summed E-state index contributed by atoms with van der Waals surface area (Å²) in [6.07, 6.45) is 7.28. The largest absolute Gasteiger partial charge is 0.388 e. The van der Waals surface area contributed by atoms with Gasteiger partial charge >= 0.3 is 0 Å². The third-order valence-electron chi connectivity index (χ3n) is 6.80. The summed E-state index contributed by atoms with van der Waals surface area (Å²) in [5.41, 5.74) is 0.815. The minimum Gasteiger partial charge on any atom is -0.388 e. The Balaban J connectivity index is 1.25. The number of rotatable bonds is 5. The topological polar surface area (TPSA) is 96.6 Å². The van der Waals surface area contributed by atoms with Crippen LogP contribution in [0.25, 0.3) is 0 Å². The van der Waals surface area contributed by atoms with Gasteiger partial charge in [0, 0.05) is 55.7 Å². The fourth-order valence-electron chi connectivity index (χ4n) is 5.31. The van der Waals surface area contributed by atoms with Crippen molar-refractivity contribution in [3.05, 3.63) is 46.1 Å². The fraction of sp³-hybridized carbons (Fsp3) is 0.636. The molecule has 0 radical (unpaired) electrons. The zero-order chi connectivity index (χ0) is 21.4. The molecular formula is C22H30N6O3. The van der Waals surface area contributed by atoms with Gasteiger partial charge in [0.25, 0.3) is 5.56 Å². The average molecular weight is 427 g/mol. The molecule has 166 valence electrons. The van der Waals surface area contributed by atoms with Crippen LogP contribution in [0.4, 0.5) is 5.95 Å². The molecule has 9 heteroatoms. The van der Waals surface area contributed by atoms with Crippen molar-refractivity contribution in [2.24, 2.45) is 0 Å². The van der Waals surface area contributed by atoms with Crippen molar-refractivity contribution in [3.8, 4) is 0 Å². The molecule has 0 aliphatic carbocycles. The molecule has 3 fully saturated rings. The van der Waals surface area contributed by atoms with Gasteiger partial charge < -0.3 is 14.7 Å². The number of piperidine rings is 1. The zero-order valence-corrected chi connectivity index (χ0v) is 18.0. The van der Waals surface area contributed by atoms with Gasteiger partial charge in [-0.3, -0.25) is 9.69 Å². The maximum atomic E-state index is 12.2. The number of hydrogen-bond acceptors (Lipinski definition) is 8. The maximum absolute atomic E-state index is 12.2. The van der Waals surface area contributed by atoms with E-state index >= 15 is 0 Å². The number of anilines is 1. The van der Waals surface area contributed by atoms with E-state index in [1.54, 1.807) is 6.07 Å². The van der Waals surface area contributed by atoms with Crippen LogP contribution in [0.1, 0.15) is 36.9 Å². The molecule has 31 heavy (non-hydrogen) atoms. The minimum atomic E-state index is -0.899. The lowest BCUT2D eigenvalue weighted by atomic mass is 9.85. The molecule has 3 aliphatic heterocycles. The van der Waals surface area contributed by atoms with E-state index in [9.17, 15) is 9.90 Å². The van der Waals surface area contributed by atoms with Crippen LogP contribution in [0.15, 0.2) is 29.3 Å². The molecule has 0 unspecified atom stereocenters. The van der Waals surface area contributed by atoms with Crippen molar-refractivity contribution < 1.29 is 9.84 Å². The number of aliphatic hydroxyl groups is 1. The quantitative estimate of drug-likeness (QED) is 0.748. The molecule has 2 aromatic heterocycles. The van der Waals surface area contributed by atoms with Gasteiger partial charge in [-0.25, -0.2) is 14.6 Å². The van der Waals surface area contributed by atoms with E-state index in [1.165, 1.54) is 10.7 Å². The van der Waals surface area contributed by atoms with E-state index in [-0.39, 0.29) is 12.1 Å². The SMILES string of the molecule is Cc1ccc(=O)n(CC2(O)C[C@H]3CC[C@H](C2)N3Cc2cnc(N3CCOCC3)nc2)n1. The zero-order valence-electron chi connectivity index (χ0n) is 18.0. The van der Waals surface area contributed by atoms with Gasteiger partial charge in [0.05, 0.1) is 31.1 Å². The number of fused-ring (bicyclic) bond motifs is 2. The Morgan fingerprint density at radius 2 is 1.81 bits per heavy atom. The van der Waals surface area contributed by atoms with Gasteiger partial charge in [-0.1, -0.05) is 0 Å². The summed E-state index contributed by atoms with van der Waals surface area (Å²) < 4.78 is 6.81. The van der Waals surface area contributed by atoms with Crippen molar-refractivity contribution in [3.63, 3.8) is 0 Å². The summed E-state index contributed by atoms with van der Waals surface area (Å²) in [5, 5.41) is 15.6. The smallest absolute Gasteiger partial charge is 0.266 e. The lowest BCUT2D eigenvalue weighted by molar-refractivity contribution is -0.0678. The molecule has 9 nitrogen and oxygen atoms in total. The Hall–Kier alpha value is -2.36. The highest BCUT2D eigenvalue weighted by Gasteiger charge is 2.47. The monoisotopic (exact) mass is 426 g/mol. The third-order valence-corrected chi connectivity index (χ3v) is 6.80. The summed E-state index contributed by atoms with van der Waals surface area (Å²) >= 11 is 0. The number of morpholine rings is 1. The molecule has 0 spiro atoms. The van der Waals surface area contributed by atoms with Crippen molar-refractivity contribution in [2.75, 3.05) is 31.2 Å². The van der Waals surface area contributed by atoms with E-state index in [0.29, 0.717) is 24.9 Å². The second-order valence-corrected chi connectivity index (χ2v) is 9.15. The molecule has 0 aromatic carbocycles. The highest BCUT2D eigenvalue weighted by atomic mass is 16.5. The van der Waals surface area contributed by atoms with Crippen LogP contribution in [-0.4, -0.2) is 73.7 Å². The van der Waals surface area contributed by atoms with Crippen LogP contribution in [0, 0.1) is 6.92 Å². The highest BCUT2D eigenvalue weighted by molar-refractivity contribution is 5.30. The Morgan fingerprint density at radius 3 is 2.48 bits per heavy atom. The molecule has 0 amide bonds. The fourth-order valence-corrected chi connectivity index (χ4v) is 5.31. The van der Waals surface area contributed by atoms with Crippen LogP contribution in [-0.2, 0) is 17.8 Å². The number of aryl methyl sites for hydroxylation is 1. The lowest BCUT2D eigenvalue weighted by Crippen LogP contribution is -2.53. The van der Waals surface area contributed by atoms with Gasteiger partial charge in [0.15, 0.2) is 0 Å². The van der Waals surface area contributed by atoms with Crippen LogP contribution < -0.4 is 10.5 Å². The normalized spacial score (nSPS) is 28.8. The number of ether oxygens (including phenoxy) is 1. The van der Waals surface area contributed by atoms with Gasteiger partial charge in [0.1, 0.15) is 0 Å². The average Bonchev–Trinajstić information content (AvgIpc) is 3.01. The molecule has 5 rings (SSSR count). The summed E-state index contributed by atoms with van der Waals surface area (Å²) in [6.45, 7) is 5.99. The molecule has 3 aliphatic rings. The second kappa shape index (κ2) is 8.29. The first-order valence-electron chi connectivity index (χ1n) is 11.2. The van der Waals surface area contributed by atoms with Crippen LogP contribution >= 0.6 is 0 Å². The summed E-state index contributed by atoms with van der Waals surface area (Å²) in [7, 11) is 0. The Morgan fingerprint density at radius 1 is 1.13 bits per heavy atom. The van der Waals surface area contributed by atoms with Gasteiger partial charge in [-0.15, -0.1) is 0 Å². The van der Waals surface area contributed by atoms with E-state index in [2.05, 4.69) is 24.9 Å². The predicted octanol–water partition coefficient (Wildman–Crippen LogP) is 0.736. The molecule has 0 saturated carbocycles. The summed E-state index contributed by atoms with van der Waals surface area (Å²) in [6, 6.07) is 3.82. The minimum absolute atomic E-state index is 0.161. The van der Waals surface area contributed by atoms with Gasteiger partial charge in [0.2, 0.25) is 5.95 Å².